The van der Waals surface area contributed by atoms with Gasteiger partial charge in [0.2, 0.25) is 0 Å². The Morgan fingerprint density at radius 2 is 2.20 bits per heavy atom. The fourth-order valence-corrected chi connectivity index (χ4v) is 1.50. The lowest BCUT2D eigenvalue weighted by atomic mass is 10.4. The third-order valence-corrected chi connectivity index (χ3v) is 2.45. The lowest BCUT2D eigenvalue weighted by Crippen LogP contribution is -2.19. The van der Waals surface area contributed by atoms with Gasteiger partial charge in [-0.2, -0.15) is 5.10 Å². The Balaban J connectivity index is 2.33. The molecule has 2 rings (SSSR count). The molecule has 0 saturated heterocycles. The highest BCUT2D eigenvalue weighted by molar-refractivity contribution is 6.33. The van der Waals surface area contributed by atoms with Crippen LogP contribution in [-0.2, 0) is 6.54 Å². The van der Waals surface area contributed by atoms with E-state index in [1.807, 2.05) is 18.8 Å². The molecule has 0 bridgehead atoms. The topological polar surface area (TPSA) is 46.8 Å². The van der Waals surface area contributed by atoms with Crippen LogP contribution in [0.3, 0.4) is 0 Å². The first-order valence-electron chi connectivity index (χ1n) is 4.65. The lowest BCUT2D eigenvalue weighted by molar-refractivity contribution is 0.376. The van der Waals surface area contributed by atoms with Crippen LogP contribution in [0.15, 0.2) is 12.5 Å². The van der Waals surface area contributed by atoms with Crippen molar-refractivity contribution >= 4 is 22.6 Å². The Bertz CT molecular complexity index is 464. The van der Waals surface area contributed by atoms with Crippen LogP contribution in [0.25, 0.3) is 11.0 Å². The SMILES string of the molecule is CN(C)CCn1ncc2c(Cl)ncnc21. The average molecular weight is 226 g/mol. The van der Waals surface area contributed by atoms with Crippen molar-refractivity contribution in [2.24, 2.45) is 0 Å². The molecule has 0 aromatic carbocycles. The predicted molar refractivity (Wildman–Crippen MR) is 58.9 cm³/mol. The Kier molecular flexibility index (Phi) is 2.83. The molecule has 2 heterocycles. The molecule has 0 amide bonds. The summed E-state index contributed by atoms with van der Waals surface area (Å²) in [6, 6.07) is 0. The van der Waals surface area contributed by atoms with Gasteiger partial charge in [0, 0.05) is 6.54 Å². The van der Waals surface area contributed by atoms with E-state index < -0.39 is 0 Å². The molecule has 0 aliphatic carbocycles. The summed E-state index contributed by atoms with van der Waals surface area (Å²) in [6.45, 7) is 1.71. The van der Waals surface area contributed by atoms with Crippen LogP contribution in [-0.4, -0.2) is 45.3 Å². The van der Waals surface area contributed by atoms with Gasteiger partial charge in [-0.25, -0.2) is 14.6 Å². The first kappa shape index (κ1) is 10.3. The molecule has 5 nitrogen and oxygen atoms in total. The molecule has 0 aliphatic heterocycles. The minimum atomic E-state index is 0.455. The van der Waals surface area contributed by atoms with Gasteiger partial charge in [0.05, 0.1) is 18.1 Å². The number of halogens is 1. The average Bonchev–Trinajstić information content (AvgIpc) is 2.59. The van der Waals surface area contributed by atoms with Crippen molar-refractivity contribution < 1.29 is 0 Å². The molecule has 0 aliphatic rings. The molecule has 15 heavy (non-hydrogen) atoms. The zero-order chi connectivity index (χ0) is 10.8. The number of likely N-dealkylation sites (N-methyl/N-ethyl adjacent to an activating group) is 1. The molecule has 80 valence electrons. The maximum absolute atomic E-state index is 5.92. The number of fused-ring (bicyclic) bond motifs is 1. The van der Waals surface area contributed by atoms with Crippen molar-refractivity contribution in [3.8, 4) is 0 Å². The van der Waals surface area contributed by atoms with Crippen molar-refractivity contribution in [1.82, 2.24) is 24.6 Å². The van der Waals surface area contributed by atoms with E-state index in [0.29, 0.717) is 5.15 Å². The summed E-state index contributed by atoms with van der Waals surface area (Å²) in [5.41, 5.74) is 0.789. The van der Waals surface area contributed by atoms with E-state index in [9.17, 15) is 0 Å². The van der Waals surface area contributed by atoms with Crippen LogP contribution in [0.5, 0.6) is 0 Å². The number of hydrogen-bond acceptors (Lipinski definition) is 4. The van der Waals surface area contributed by atoms with Crippen molar-refractivity contribution in [1.29, 1.82) is 0 Å². The summed E-state index contributed by atoms with van der Waals surface area (Å²) in [5.74, 6) is 0. The molecule has 2 aromatic heterocycles. The summed E-state index contributed by atoms with van der Waals surface area (Å²) in [4.78, 5) is 10.2. The molecular weight excluding hydrogens is 214 g/mol. The highest BCUT2D eigenvalue weighted by Crippen LogP contribution is 2.17. The Labute approximate surface area is 92.7 Å². The van der Waals surface area contributed by atoms with E-state index in [1.54, 1.807) is 6.20 Å². The van der Waals surface area contributed by atoms with Crippen LogP contribution in [0.1, 0.15) is 0 Å². The summed E-state index contributed by atoms with van der Waals surface area (Å²) < 4.78 is 1.84. The van der Waals surface area contributed by atoms with Crippen molar-refractivity contribution in [3.63, 3.8) is 0 Å². The van der Waals surface area contributed by atoms with Gasteiger partial charge in [-0.05, 0) is 14.1 Å². The van der Waals surface area contributed by atoms with Crippen molar-refractivity contribution in [2.45, 2.75) is 6.54 Å². The van der Waals surface area contributed by atoms with E-state index >= 15 is 0 Å². The molecule has 0 spiro atoms. The van der Waals surface area contributed by atoms with E-state index in [0.717, 1.165) is 24.1 Å². The first-order chi connectivity index (χ1) is 7.18. The minimum Gasteiger partial charge on any atom is -0.308 e. The standard InChI is InChI=1S/C9H12ClN5/c1-14(2)3-4-15-9-7(5-13-15)8(10)11-6-12-9/h5-6H,3-4H2,1-2H3. The largest absolute Gasteiger partial charge is 0.308 e. The molecule has 0 saturated carbocycles. The van der Waals surface area contributed by atoms with Gasteiger partial charge in [0.15, 0.2) is 5.65 Å². The second-order valence-corrected chi connectivity index (χ2v) is 3.93. The normalized spacial score (nSPS) is 11.5. The highest BCUT2D eigenvalue weighted by Gasteiger charge is 2.07. The molecule has 2 aromatic rings. The second kappa shape index (κ2) is 4.12. The van der Waals surface area contributed by atoms with Gasteiger partial charge in [0.25, 0.3) is 0 Å². The quantitative estimate of drug-likeness (QED) is 0.733. The van der Waals surface area contributed by atoms with E-state index in [2.05, 4.69) is 20.0 Å². The number of rotatable bonds is 3. The first-order valence-corrected chi connectivity index (χ1v) is 5.03. The van der Waals surface area contributed by atoms with Crippen molar-refractivity contribution in [3.05, 3.63) is 17.7 Å². The zero-order valence-electron chi connectivity index (χ0n) is 8.68. The van der Waals surface area contributed by atoms with Gasteiger partial charge in [-0.3, -0.25) is 0 Å². The molecule has 0 atom stereocenters. The van der Waals surface area contributed by atoms with Crippen LogP contribution in [0, 0.1) is 0 Å². The van der Waals surface area contributed by atoms with E-state index in [4.69, 9.17) is 11.6 Å². The highest BCUT2D eigenvalue weighted by atomic mass is 35.5. The van der Waals surface area contributed by atoms with Crippen LogP contribution in [0.4, 0.5) is 0 Å². The van der Waals surface area contributed by atoms with Gasteiger partial charge in [-0.15, -0.1) is 0 Å². The van der Waals surface area contributed by atoms with Gasteiger partial charge < -0.3 is 4.90 Å². The fourth-order valence-electron chi connectivity index (χ4n) is 1.32. The Morgan fingerprint density at radius 3 is 2.93 bits per heavy atom. The molecule has 0 fully saturated rings. The summed E-state index contributed by atoms with van der Waals surface area (Å²) in [7, 11) is 4.04. The molecular formula is C9H12ClN5. The van der Waals surface area contributed by atoms with Crippen LogP contribution < -0.4 is 0 Å². The predicted octanol–water partition coefficient (Wildman–Crippen LogP) is 1.04. The Hall–Kier alpha value is -1.20. The zero-order valence-corrected chi connectivity index (χ0v) is 9.44. The summed E-state index contributed by atoms with van der Waals surface area (Å²) in [6.07, 6.45) is 3.16. The number of aromatic nitrogens is 4. The third kappa shape index (κ3) is 2.08. The summed E-state index contributed by atoms with van der Waals surface area (Å²) in [5, 5.41) is 5.49. The molecule has 6 heteroatoms. The Morgan fingerprint density at radius 1 is 1.40 bits per heavy atom. The molecule has 0 N–H and O–H groups in total. The molecule has 0 unspecified atom stereocenters. The smallest absolute Gasteiger partial charge is 0.162 e. The second-order valence-electron chi connectivity index (χ2n) is 3.57. The van der Waals surface area contributed by atoms with Gasteiger partial charge in [-0.1, -0.05) is 11.6 Å². The van der Waals surface area contributed by atoms with Crippen LogP contribution >= 0.6 is 11.6 Å². The van der Waals surface area contributed by atoms with Crippen LogP contribution in [0.2, 0.25) is 5.15 Å². The maximum Gasteiger partial charge on any atom is 0.162 e. The number of nitrogens with zero attached hydrogens (tertiary/aromatic N) is 5. The van der Waals surface area contributed by atoms with E-state index in [1.165, 1.54) is 6.33 Å². The minimum absolute atomic E-state index is 0.455. The van der Waals surface area contributed by atoms with Crippen molar-refractivity contribution in [2.75, 3.05) is 20.6 Å². The molecule has 0 radical (unpaired) electrons. The van der Waals surface area contributed by atoms with E-state index in [-0.39, 0.29) is 0 Å². The number of hydrogen-bond donors (Lipinski definition) is 0. The third-order valence-electron chi connectivity index (χ3n) is 2.14. The lowest BCUT2D eigenvalue weighted by Gasteiger charge is -2.09. The summed E-state index contributed by atoms with van der Waals surface area (Å²) >= 11 is 5.92. The van der Waals surface area contributed by atoms with Gasteiger partial charge in [0.1, 0.15) is 11.5 Å². The monoisotopic (exact) mass is 225 g/mol. The maximum atomic E-state index is 5.92. The van der Waals surface area contributed by atoms with Gasteiger partial charge >= 0.3 is 0 Å². The fraction of sp³-hybridized carbons (Fsp3) is 0.444.